The lowest BCUT2D eigenvalue weighted by Gasteiger charge is -2.50. The second kappa shape index (κ2) is 40.1. The van der Waals surface area contributed by atoms with Gasteiger partial charge in [0.05, 0.1) is 89.5 Å². The molecule has 0 bridgehead atoms. The van der Waals surface area contributed by atoms with Crippen LogP contribution < -0.4 is 52.4 Å². The van der Waals surface area contributed by atoms with E-state index in [-0.39, 0.29) is 153 Å². The predicted octanol–water partition coefficient (Wildman–Crippen LogP) is 22.3. The maximum absolute atomic E-state index is 15.1. The molecule has 0 spiro atoms. The van der Waals surface area contributed by atoms with Gasteiger partial charge in [-0.05, 0) is 275 Å². The van der Waals surface area contributed by atoms with Crippen molar-refractivity contribution in [3.8, 4) is 46.4 Å². The van der Waals surface area contributed by atoms with Gasteiger partial charge in [-0.15, -0.1) is 0 Å². The highest BCUT2D eigenvalue weighted by Gasteiger charge is 2.59. The first-order valence-electron chi connectivity index (χ1n) is 49.1. The Bertz CT molecular complexity index is 6040. The standard InChI is InChI=1S/C23H25FN4O2.C22H24F3N3O2.C22H25F2N3O2.2C21H29FN2O2/c1-14-9-15-12-22(2,3)21(25)28-23(15,13-29-14)18-11-17(5-6-19(18)24)30-20-10-16(26-4)7-8-27-20;1-12-6-13-9-21(2,3)20(26)28-22(13,11-29-12)16-8-15(4-5-17(16)24)30-19-18(25)7-14(23)10-27-19;1-13-9-14-11-21(2,3)20(25)27-22(14,12-28-13)16-10-15(6-7-17(16)23)29-19-18(24)5-4-8-26-19;2*1-13-8-15-10-20(2,3)19(23)24-21(15,12-26-13)17-9-16(6-7-18(17)22)25-11-14-4-5-14/h5-8,10-11,14-15H,9,12-13H2,1-3H3,(H2,25,28);4-5,7-8,10,12-13H,6,9,11H2,1-3H3,(H2,26,28);4-8,10,13-14H,9,11-12H2,1-3H3,(H2,25,27);2*6-7,9,13-15H,4-5,8,10-12H2,1-3H3,(H2,23,24)/t14-,15-,23-;12-,13+,22+;13-,14-,22-;13-,15+,21+;13-,15-,21-/m01010/s1. The number of fused-ring (bicyclic) bond motifs is 5. The summed E-state index contributed by atoms with van der Waals surface area (Å²) >= 11 is 0. The average Bonchev–Trinajstić information content (AvgIpc) is 1.44. The molecular formula is C109H132F8N14O10. The number of hydrogen-bond donors (Lipinski definition) is 5. The number of benzene rings is 5. The minimum atomic E-state index is -0.996. The first-order valence-corrected chi connectivity index (χ1v) is 49.1. The number of nitrogens with two attached hydrogens (primary N) is 5. The lowest BCUT2D eigenvalue weighted by molar-refractivity contribution is -0.0658. The number of aliphatic imine (C=N–C) groups is 5. The van der Waals surface area contributed by atoms with E-state index in [1.807, 2.05) is 46.8 Å². The zero-order valence-electron chi connectivity index (χ0n) is 83.1. The summed E-state index contributed by atoms with van der Waals surface area (Å²) in [5, 5.41) is 0. The normalized spacial score (nSPS) is 29.9. The summed E-state index contributed by atoms with van der Waals surface area (Å²) in [6.45, 7) is 40.8. The summed E-state index contributed by atoms with van der Waals surface area (Å²) in [7, 11) is 0. The monoisotopic (exact) mass is 1950 g/mol. The second-order valence-corrected chi connectivity index (χ2v) is 44.0. The lowest BCUT2D eigenvalue weighted by atomic mass is 9.65. The molecule has 0 unspecified atom stereocenters. The van der Waals surface area contributed by atoms with Gasteiger partial charge < -0.3 is 76.0 Å². The van der Waals surface area contributed by atoms with E-state index < -0.39 is 62.7 Å². The topological polar surface area (TPSA) is 327 Å². The van der Waals surface area contributed by atoms with E-state index >= 15 is 13.2 Å². The van der Waals surface area contributed by atoms with Gasteiger partial charge in [0, 0.05) is 79.4 Å². The van der Waals surface area contributed by atoms with E-state index in [4.69, 9.17) is 108 Å². The van der Waals surface area contributed by atoms with Crippen LogP contribution in [0.4, 0.5) is 40.8 Å². The molecule has 12 aliphatic rings. The molecule has 2 saturated carbocycles. The summed E-state index contributed by atoms with van der Waals surface area (Å²) in [4.78, 5) is 39.2. The highest BCUT2D eigenvalue weighted by Crippen LogP contribution is 2.58. The van der Waals surface area contributed by atoms with Crippen LogP contribution >= 0.6 is 0 Å². The largest absolute Gasteiger partial charge is 0.493 e. The van der Waals surface area contributed by atoms with Crippen molar-refractivity contribution < 1.29 is 82.5 Å². The molecule has 10 N–H and O–H groups in total. The van der Waals surface area contributed by atoms with Crippen LogP contribution in [0.15, 0.2) is 165 Å². The summed E-state index contributed by atoms with van der Waals surface area (Å²) < 4.78 is 174. The number of rotatable bonds is 17. The van der Waals surface area contributed by atoms with Gasteiger partial charge in [0.1, 0.15) is 121 Å². The summed E-state index contributed by atoms with van der Waals surface area (Å²) in [5.74, 6) is 2.29. The molecule has 3 aromatic heterocycles. The molecular weight excluding hydrogens is 1820 g/mol. The number of nitrogens with zero attached hydrogens (tertiary/aromatic N) is 9. The Morgan fingerprint density at radius 1 is 0.340 bits per heavy atom. The average molecular weight is 1950 g/mol. The second-order valence-electron chi connectivity index (χ2n) is 44.0. The van der Waals surface area contributed by atoms with Gasteiger partial charge in [0.2, 0.25) is 5.88 Å². The molecule has 0 amide bonds. The third-order valence-corrected chi connectivity index (χ3v) is 30.6. The van der Waals surface area contributed by atoms with E-state index in [0.717, 1.165) is 64.0 Å². The van der Waals surface area contributed by atoms with Crippen molar-refractivity contribution in [2.75, 3.05) is 46.2 Å². The Morgan fingerprint density at radius 3 is 0.922 bits per heavy atom. The highest BCUT2D eigenvalue weighted by atomic mass is 19.2. The molecule has 10 aliphatic heterocycles. The molecule has 0 radical (unpaired) electrons. The third-order valence-electron chi connectivity index (χ3n) is 30.6. The first kappa shape index (κ1) is 103. The Balaban J connectivity index is 0.000000127. The van der Waals surface area contributed by atoms with Crippen LogP contribution in [0.5, 0.6) is 46.4 Å². The third kappa shape index (κ3) is 21.8. The minimum Gasteiger partial charge on any atom is -0.493 e. The van der Waals surface area contributed by atoms with E-state index in [1.165, 1.54) is 98.7 Å². The number of halogens is 8. The van der Waals surface area contributed by atoms with E-state index in [9.17, 15) is 22.0 Å². The first-order chi connectivity index (χ1) is 66.6. The van der Waals surface area contributed by atoms with Gasteiger partial charge in [0.25, 0.3) is 11.8 Å². The molecule has 754 valence electrons. The van der Waals surface area contributed by atoms with Crippen LogP contribution in [0.3, 0.4) is 0 Å². The van der Waals surface area contributed by atoms with Crippen molar-refractivity contribution in [2.45, 2.75) is 252 Å². The van der Waals surface area contributed by atoms with Crippen LogP contribution in [-0.2, 0) is 51.4 Å². The van der Waals surface area contributed by atoms with E-state index in [0.29, 0.717) is 125 Å². The van der Waals surface area contributed by atoms with Crippen molar-refractivity contribution in [1.29, 1.82) is 0 Å². The molecule has 141 heavy (non-hydrogen) atoms. The molecule has 15 atom stereocenters. The Labute approximate surface area is 820 Å². The number of amidine groups is 5. The number of aromatic nitrogens is 3. The molecule has 5 saturated heterocycles. The van der Waals surface area contributed by atoms with E-state index in [1.54, 1.807) is 42.5 Å². The lowest BCUT2D eigenvalue weighted by Crippen LogP contribution is -2.54. The number of hydrogen-bond acceptors (Lipinski definition) is 23. The summed E-state index contributed by atoms with van der Waals surface area (Å²) in [6.07, 6.45) is 17.1. The SMILES string of the molecule is C[C@@H]1C[C@H]2CC(C)(C)C(N)=N[C@@]2(c2cc(OCC3CC3)ccc2F)CO1.C[C@@H]1C[C@H]2CC(C)(C)C(N)=N[C@@]2(c2cc(Oc3ncc(F)cc3F)ccc2F)CO1.C[C@H]1C[C@H]2CC(C)(C)C(N)=N[C@@]2(c2cc(OCC3CC3)ccc2F)CO1.C[C@H]1C[C@H]2CC(C)(C)C(N)=N[C@@]2(c2cc(Oc3ncccc3F)ccc2F)CO1.[C-]#[N+]c1ccnc(Oc2ccc(F)c([C@]34CO[C@@H](C)C[C@H]3CC(C)(C)C(N)=N4)c2)c1. The number of pyridine rings is 3. The summed E-state index contributed by atoms with van der Waals surface area (Å²) in [5.41, 5.74) is 28.6. The molecule has 7 fully saturated rings. The predicted molar refractivity (Wildman–Crippen MR) is 524 cm³/mol. The minimum absolute atomic E-state index is 0.00832. The van der Waals surface area contributed by atoms with Crippen LogP contribution in [0.2, 0.25) is 0 Å². The van der Waals surface area contributed by atoms with Crippen LogP contribution in [0.1, 0.15) is 222 Å². The van der Waals surface area contributed by atoms with Gasteiger partial charge in [-0.2, -0.15) is 0 Å². The Hall–Kier alpha value is -11.4. The molecule has 8 aromatic rings. The van der Waals surface area contributed by atoms with Crippen molar-refractivity contribution in [3.63, 3.8) is 0 Å². The quantitative estimate of drug-likeness (QED) is 0.0418. The Kier molecular flexibility index (Phi) is 29.1. The van der Waals surface area contributed by atoms with Crippen molar-refractivity contribution in [1.82, 2.24) is 15.0 Å². The smallest absolute Gasteiger partial charge is 0.256 e. The fourth-order valence-corrected chi connectivity index (χ4v) is 21.7. The van der Waals surface area contributed by atoms with Gasteiger partial charge in [-0.25, -0.2) is 54.9 Å². The summed E-state index contributed by atoms with van der Waals surface area (Å²) in [6, 6.07) is 29.5. The zero-order chi connectivity index (χ0) is 101. The van der Waals surface area contributed by atoms with Gasteiger partial charge >= 0.3 is 0 Å². The maximum atomic E-state index is 15.1. The van der Waals surface area contributed by atoms with Crippen molar-refractivity contribution in [3.05, 3.63) is 226 Å². The molecule has 2 aliphatic carbocycles. The van der Waals surface area contributed by atoms with Crippen molar-refractivity contribution in [2.24, 2.45) is 122 Å². The van der Waals surface area contributed by atoms with Crippen LogP contribution in [-0.4, -0.2) is 121 Å². The van der Waals surface area contributed by atoms with Gasteiger partial charge in [-0.3, -0.25) is 25.0 Å². The molecule has 20 rings (SSSR count). The van der Waals surface area contributed by atoms with Crippen molar-refractivity contribution >= 4 is 34.9 Å². The van der Waals surface area contributed by atoms with Crippen LogP contribution in [0.25, 0.3) is 4.85 Å². The van der Waals surface area contributed by atoms with Crippen LogP contribution in [0, 0.1) is 122 Å². The Morgan fingerprint density at radius 2 is 0.631 bits per heavy atom. The molecule has 24 nitrogen and oxygen atoms in total. The molecule has 13 heterocycles. The maximum Gasteiger partial charge on any atom is 0.256 e. The molecule has 5 aromatic carbocycles. The highest BCUT2D eigenvalue weighted by molar-refractivity contribution is 5.90. The van der Waals surface area contributed by atoms with Gasteiger partial charge in [0.15, 0.2) is 17.3 Å². The van der Waals surface area contributed by atoms with E-state index in [2.05, 4.69) is 89.0 Å². The number of ether oxygens (including phenoxy) is 10. The molecule has 32 heteroatoms. The zero-order valence-corrected chi connectivity index (χ0v) is 83.1. The van der Waals surface area contributed by atoms with Gasteiger partial charge in [-0.1, -0.05) is 69.2 Å². The fourth-order valence-electron chi connectivity index (χ4n) is 21.7. The fraction of sp³-hybridized carbons (Fsp3) is 0.532.